The van der Waals surface area contributed by atoms with Crippen LogP contribution in [0.3, 0.4) is 0 Å². The summed E-state index contributed by atoms with van der Waals surface area (Å²) in [7, 11) is 0. The molecule has 1 aromatic carbocycles. The zero-order valence-corrected chi connectivity index (χ0v) is 10.7. The van der Waals surface area contributed by atoms with Crippen LogP contribution >= 0.6 is 0 Å². The zero-order chi connectivity index (χ0) is 12.7. The number of allylic oxidation sites excluding steroid dienone is 1. The van der Waals surface area contributed by atoms with E-state index in [1.807, 2.05) is 6.07 Å². The monoisotopic (exact) mass is 256 g/mol. The van der Waals surface area contributed by atoms with E-state index < -0.39 is 0 Å². The summed E-state index contributed by atoms with van der Waals surface area (Å²) in [6, 6.07) is 8.24. The van der Waals surface area contributed by atoms with E-state index in [4.69, 9.17) is 9.47 Å². The first-order chi connectivity index (χ1) is 9.36. The first kappa shape index (κ1) is 11.2. The van der Waals surface area contributed by atoms with Crippen molar-refractivity contribution in [1.82, 2.24) is 10.2 Å². The molecule has 1 aliphatic carbocycles. The van der Waals surface area contributed by atoms with Crippen LogP contribution in [-0.4, -0.2) is 29.2 Å². The van der Waals surface area contributed by atoms with Gasteiger partial charge in [-0.3, -0.25) is 5.10 Å². The molecule has 0 unspecified atom stereocenters. The van der Waals surface area contributed by atoms with Gasteiger partial charge < -0.3 is 9.47 Å². The van der Waals surface area contributed by atoms with Gasteiger partial charge in [-0.1, -0.05) is 24.3 Å². The summed E-state index contributed by atoms with van der Waals surface area (Å²) in [5, 5.41) is 8.74. The van der Waals surface area contributed by atoms with Gasteiger partial charge in [-0.05, 0) is 18.1 Å². The minimum absolute atomic E-state index is 0.352. The Balaban J connectivity index is 1.68. The molecule has 0 amide bonds. The Hall–Kier alpha value is -1.65. The van der Waals surface area contributed by atoms with Crippen molar-refractivity contribution in [2.45, 2.75) is 25.0 Å². The first-order valence-corrected chi connectivity index (χ1v) is 6.77. The number of rotatable bonds is 1. The van der Waals surface area contributed by atoms with Crippen molar-refractivity contribution in [3.05, 3.63) is 36.0 Å². The number of para-hydroxylation sites is 1. The van der Waals surface area contributed by atoms with E-state index in [1.165, 1.54) is 11.0 Å². The van der Waals surface area contributed by atoms with E-state index >= 15 is 0 Å². The van der Waals surface area contributed by atoms with E-state index in [0.29, 0.717) is 13.2 Å². The Morgan fingerprint density at radius 3 is 2.79 bits per heavy atom. The lowest BCUT2D eigenvalue weighted by molar-refractivity contribution is -0.159. The molecule has 1 fully saturated rings. The lowest BCUT2D eigenvalue weighted by Gasteiger charge is -2.30. The molecule has 0 atom stereocenters. The van der Waals surface area contributed by atoms with Crippen molar-refractivity contribution >= 4 is 16.5 Å². The topological polar surface area (TPSA) is 47.1 Å². The summed E-state index contributed by atoms with van der Waals surface area (Å²) in [5.41, 5.74) is 3.46. The Morgan fingerprint density at radius 2 is 2.00 bits per heavy atom. The Labute approximate surface area is 111 Å². The average Bonchev–Trinajstić information content (AvgIpc) is 3.08. The molecule has 98 valence electrons. The number of benzene rings is 1. The molecular formula is C15H16N2O2. The molecule has 1 saturated heterocycles. The second kappa shape index (κ2) is 4.18. The third-order valence-electron chi connectivity index (χ3n) is 4.02. The van der Waals surface area contributed by atoms with Crippen molar-refractivity contribution in [1.29, 1.82) is 0 Å². The number of H-pyrrole nitrogens is 1. The summed E-state index contributed by atoms with van der Waals surface area (Å²) in [5.74, 6) is -0.352. The highest BCUT2D eigenvalue weighted by atomic mass is 16.7. The smallest absolute Gasteiger partial charge is 0.172 e. The molecule has 4 heteroatoms. The van der Waals surface area contributed by atoms with E-state index in [-0.39, 0.29) is 5.79 Å². The molecule has 1 aliphatic heterocycles. The fraction of sp³-hybridized carbons (Fsp3) is 0.400. The van der Waals surface area contributed by atoms with Crippen LogP contribution < -0.4 is 0 Å². The van der Waals surface area contributed by atoms with Gasteiger partial charge in [0.1, 0.15) is 0 Å². The number of hydrogen-bond acceptors (Lipinski definition) is 3. The molecule has 2 heterocycles. The van der Waals surface area contributed by atoms with Crippen LogP contribution in [0, 0.1) is 0 Å². The Morgan fingerprint density at radius 1 is 1.16 bits per heavy atom. The van der Waals surface area contributed by atoms with Gasteiger partial charge in [0, 0.05) is 18.2 Å². The standard InChI is InChI=1S/C15H16N2O2/c1-2-4-13-12(3-1)14(17-16-13)11-5-7-15(8-6-11)18-9-10-19-15/h1-5H,6-10H2,(H,16,17). The van der Waals surface area contributed by atoms with Gasteiger partial charge in [-0.15, -0.1) is 0 Å². The van der Waals surface area contributed by atoms with E-state index in [1.54, 1.807) is 0 Å². The zero-order valence-electron chi connectivity index (χ0n) is 10.7. The van der Waals surface area contributed by atoms with Crippen LogP contribution in [-0.2, 0) is 9.47 Å². The fourth-order valence-corrected chi connectivity index (χ4v) is 2.99. The van der Waals surface area contributed by atoms with Gasteiger partial charge in [0.05, 0.1) is 24.4 Å². The lowest BCUT2D eigenvalue weighted by Crippen LogP contribution is -2.31. The summed E-state index contributed by atoms with van der Waals surface area (Å²) >= 11 is 0. The van der Waals surface area contributed by atoms with Crippen LogP contribution in [0.2, 0.25) is 0 Å². The predicted molar refractivity (Wildman–Crippen MR) is 72.6 cm³/mol. The first-order valence-electron chi connectivity index (χ1n) is 6.77. The third kappa shape index (κ3) is 1.79. The maximum Gasteiger partial charge on any atom is 0.172 e. The number of hydrogen-bond donors (Lipinski definition) is 1. The van der Waals surface area contributed by atoms with Crippen LogP contribution in [0.15, 0.2) is 30.3 Å². The normalized spacial score (nSPS) is 22.0. The molecule has 2 aliphatic rings. The summed E-state index contributed by atoms with van der Waals surface area (Å²) < 4.78 is 11.5. The highest BCUT2D eigenvalue weighted by Crippen LogP contribution is 2.39. The Kier molecular flexibility index (Phi) is 2.47. The summed E-state index contributed by atoms with van der Waals surface area (Å²) in [4.78, 5) is 0. The molecule has 2 aromatic rings. The number of nitrogens with one attached hydrogen (secondary N) is 1. The molecule has 1 spiro atoms. The van der Waals surface area contributed by atoms with Crippen LogP contribution in [0.25, 0.3) is 16.5 Å². The van der Waals surface area contributed by atoms with Gasteiger partial charge in [-0.2, -0.15) is 5.10 Å². The van der Waals surface area contributed by atoms with Crippen molar-refractivity contribution in [3.63, 3.8) is 0 Å². The van der Waals surface area contributed by atoms with Crippen LogP contribution in [0.5, 0.6) is 0 Å². The second-order valence-electron chi connectivity index (χ2n) is 5.16. The molecule has 4 rings (SSSR count). The van der Waals surface area contributed by atoms with Gasteiger partial charge in [0.15, 0.2) is 5.79 Å². The van der Waals surface area contributed by atoms with Gasteiger partial charge in [-0.25, -0.2) is 0 Å². The van der Waals surface area contributed by atoms with E-state index in [2.05, 4.69) is 34.5 Å². The number of ether oxygens (including phenoxy) is 2. The highest BCUT2D eigenvalue weighted by Gasteiger charge is 2.38. The average molecular weight is 256 g/mol. The minimum Gasteiger partial charge on any atom is -0.347 e. The van der Waals surface area contributed by atoms with Gasteiger partial charge in [0.2, 0.25) is 0 Å². The molecule has 1 aromatic heterocycles. The number of aromatic nitrogens is 2. The SMILES string of the molecule is C1=C(c2n[nH]c3ccccc23)CCC2(C1)OCCO2. The van der Waals surface area contributed by atoms with Gasteiger partial charge in [0.25, 0.3) is 0 Å². The van der Waals surface area contributed by atoms with Crippen molar-refractivity contribution < 1.29 is 9.47 Å². The molecule has 0 radical (unpaired) electrons. The molecule has 4 nitrogen and oxygen atoms in total. The van der Waals surface area contributed by atoms with Gasteiger partial charge >= 0.3 is 0 Å². The van der Waals surface area contributed by atoms with Crippen molar-refractivity contribution in [3.8, 4) is 0 Å². The maximum absolute atomic E-state index is 5.74. The lowest BCUT2D eigenvalue weighted by atomic mass is 9.91. The van der Waals surface area contributed by atoms with E-state index in [9.17, 15) is 0 Å². The summed E-state index contributed by atoms with van der Waals surface area (Å²) in [6.07, 6.45) is 4.91. The quantitative estimate of drug-likeness (QED) is 0.853. The largest absolute Gasteiger partial charge is 0.347 e. The number of nitrogens with zero attached hydrogens (tertiary/aromatic N) is 1. The Bertz CT molecular complexity index is 638. The second-order valence-corrected chi connectivity index (χ2v) is 5.16. The fourth-order valence-electron chi connectivity index (χ4n) is 2.99. The number of fused-ring (bicyclic) bond motifs is 1. The minimum atomic E-state index is -0.352. The third-order valence-corrected chi connectivity index (χ3v) is 4.02. The maximum atomic E-state index is 5.74. The highest BCUT2D eigenvalue weighted by molar-refractivity contribution is 5.90. The number of aromatic amines is 1. The molecule has 19 heavy (non-hydrogen) atoms. The molecular weight excluding hydrogens is 240 g/mol. The van der Waals surface area contributed by atoms with Crippen molar-refractivity contribution in [2.24, 2.45) is 0 Å². The molecule has 0 bridgehead atoms. The van der Waals surface area contributed by atoms with E-state index in [0.717, 1.165) is 30.5 Å². The van der Waals surface area contributed by atoms with Crippen molar-refractivity contribution in [2.75, 3.05) is 13.2 Å². The van der Waals surface area contributed by atoms with Crippen LogP contribution in [0.1, 0.15) is 25.0 Å². The van der Waals surface area contributed by atoms with Crippen LogP contribution in [0.4, 0.5) is 0 Å². The molecule has 0 saturated carbocycles. The predicted octanol–water partition coefficient (Wildman–Crippen LogP) is 2.87. The molecule has 1 N–H and O–H groups in total. The summed E-state index contributed by atoms with van der Waals surface area (Å²) in [6.45, 7) is 1.43.